The average Bonchev–Trinajstić information content (AvgIpc) is 2.92. The molecule has 2 aromatic rings. The number of rotatable bonds is 13. The SMILES string of the molecule is C=CCCC(C)c1cc(O)c(C(=O)CC)c(=O)o1.CCC(=O)c1c(O)cc(C(C)CC/C=C/C(=O)OC)oc1=O. The molecule has 2 unspecified atom stereocenters. The monoisotopic (exact) mass is 558 g/mol. The van der Waals surface area contributed by atoms with Crippen molar-refractivity contribution in [2.24, 2.45) is 0 Å². The topological polar surface area (TPSA) is 161 Å². The molecule has 0 radical (unpaired) electrons. The van der Waals surface area contributed by atoms with Crippen molar-refractivity contribution in [1.29, 1.82) is 0 Å². The summed E-state index contributed by atoms with van der Waals surface area (Å²) in [5.41, 5.74) is -2.14. The van der Waals surface area contributed by atoms with Crippen molar-refractivity contribution < 1.29 is 38.2 Å². The van der Waals surface area contributed by atoms with E-state index in [1.807, 2.05) is 13.8 Å². The van der Waals surface area contributed by atoms with Crippen LogP contribution in [-0.4, -0.2) is 34.9 Å². The minimum atomic E-state index is -0.821. The van der Waals surface area contributed by atoms with Crippen molar-refractivity contribution in [2.75, 3.05) is 7.11 Å². The van der Waals surface area contributed by atoms with Gasteiger partial charge >= 0.3 is 17.2 Å². The molecule has 218 valence electrons. The molecule has 0 amide bonds. The van der Waals surface area contributed by atoms with Crippen LogP contribution in [0.25, 0.3) is 0 Å². The highest BCUT2D eigenvalue weighted by Gasteiger charge is 2.20. The Morgan fingerprint density at radius 3 is 1.65 bits per heavy atom. The fourth-order valence-corrected chi connectivity index (χ4v) is 3.60. The molecular weight excluding hydrogens is 520 g/mol. The molecule has 40 heavy (non-hydrogen) atoms. The lowest BCUT2D eigenvalue weighted by atomic mass is 10.0. The molecule has 2 atom stereocenters. The van der Waals surface area contributed by atoms with E-state index in [4.69, 9.17) is 8.83 Å². The summed E-state index contributed by atoms with van der Waals surface area (Å²) in [4.78, 5) is 57.4. The molecule has 0 saturated heterocycles. The lowest BCUT2D eigenvalue weighted by molar-refractivity contribution is -0.134. The third-order valence-corrected chi connectivity index (χ3v) is 6.10. The van der Waals surface area contributed by atoms with Gasteiger partial charge in [0, 0.05) is 42.9 Å². The first kappa shape index (κ1) is 33.8. The molecule has 10 nitrogen and oxygen atoms in total. The van der Waals surface area contributed by atoms with Crippen LogP contribution in [0.2, 0.25) is 0 Å². The van der Waals surface area contributed by atoms with Crippen molar-refractivity contribution in [3.63, 3.8) is 0 Å². The van der Waals surface area contributed by atoms with E-state index >= 15 is 0 Å². The van der Waals surface area contributed by atoms with Gasteiger partial charge in [0.2, 0.25) is 0 Å². The molecule has 0 bridgehead atoms. The molecule has 2 heterocycles. The number of ether oxygens (including phenoxy) is 1. The zero-order valence-electron chi connectivity index (χ0n) is 23.7. The Bertz CT molecular complexity index is 1330. The van der Waals surface area contributed by atoms with E-state index in [9.17, 15) is 34.2 Å². The van der Waals surface area contributed by atoms with Gasteiger partial charge in [0.15, 0.2) is 11.6 Å². The number of ketones is 2. The highest BCUT2D eigenvalue weighted by molar-refractivity contribution is 5.98. The molecule has 0 fully saturated rings. The zero-order valence-corrected chi connectivity index (χ0v) is 23.7. The van der Waals surface area contributed by atoms with Gasteiger partial charge in [-0.2, -0.15) is 0 Å². The molecule has 10 heteroatoms. The van der Waals surface area contributed by atoms with Gasteiger partial charge < -0.3 is 23.8 Å². The number of hydrogen-bond donors (Lipinski definition) is 2. The predicted octanol–water partition coefficient (Wildman–Crippen LogP) is 5.56. The van der Waals surface area contributed by atoms with E-state index in [0.717, 1.165) is 12.8 Å². The quantitative estimate of drug-likeness (QED) is 0.138. The van der Waals surface area contributed by atoms with Gasteiger partial charge in [-0.15, -0.1) is 6.58 Å². The van der Waals surface area contributed by atoms with E-state index in [1.54, 1.807) is 26.0 Å². The molecule has 0 saturated carbocycles. The smallest absolute Gasteiger partial charge is 0.350 e. The summed E-state index contributed by atoms with van der Waals surface area (Å²) in [6, 6.07) is 2.66. The van der Waals surface area contributed by atoms with Gasteiger partial charge in [0.1, 0.15) is 34.1 Å². The first-order valence-corrected chi connectivity index (χ1v) is 13.1. The second-order valence-corrected chi connectivity index (χ2v) is 9.12. The molecule has 2 aromatic heterocycles. The van der Waals surface area contributed by atoms with Crippen LogP contribution in [0.4, 0.5) is 0 Å². The van der Waals surface area contributed by atoms with E-state index in [1.165, 1.54) is 25.3 Å². The van der Waals surface area contributed by atoms with Crippen LogP contribution in [0, 0.1) is 0 Å². The van der Waals surface area contributed by atoms with Crippen molar-refractivity contribution in [1.82, 2.24) is 0 Å². The van der Waals surface area contributed by atoms with Crippen molar-refractivity contribution >= 4 is 17.5 Å². The molecular formula is C30H38O10. The Morgan fingerprint density at radius 2 is 1.30 bits per heavy atom. The molecule has 0 aliphatic carbocycles. The summed E-state index contributed by atoms with van der Waals surface area (Å²) >= 11 is 0. The van der Waals surface area contributed by atoms with E-state index in [0.29, 0.717) is 24.4 Å². The standard InChI is InChI=1S/C16H20O6.C14H18O4/c1-4-11(17)15-12(18)9-13(22-16(15)20)10(2)7-5-6-8-14(19)21-3;1-4-6-7-9(3)12-8-11(16)13(10(15)5-2)14(17)18-12/h6,8-10,18H,4-5,7H2,1-3H3;4,8-9,16H,1,5-7H2,2-3H3/b8-6+;. The minimum absolute atomic E-state index is 0.00706. The number of carbonyl (C=O) groups is 3. The van der Waals surface area contributed by atoms with Crippen LogP contribution >= 0.6 is 0 Å². The fraction of sp³-hybridized carbons (Fsp3) is 0.433. The number of allylic oxidation sites excluding steroid dienone is 2. The zero-order chi connectivity index (χ0) is 30.4. The summed E-state index contributed by atoms with van der Waals surface area (Å²) in [6.45, 7) is 10.6. The molecule has 0 aromatic carbocycles. The normalized spacial score (nSPS) is 12.2. The summed E-state index contributed by atoms with van der Waals surface area (Å²) in [6.07, 6.45) is 7.79. The Kier molecular flexibility index (Phi) is 14.1. The van der Waals surface area contributed by atoms with E-state index < -0.39 is 28.8 Å². The Hall–Kier alpha value is -4.21. The van der Waals surface area contributed by atoms with Crippen molar-refractivity contribution in [3.8, 4) is 11.5 Å². The van der Waals surface area contributed by atoms with Gasteiger partial charge in [-0.3, -0.25) is 9.59 Å². The molecule has 0 spiro atoms. The van der Waals surface area contributed by atoms with Crippen LogP contribution < -0.4 is 11.3 Å². The maximum Gasteiger partial charge on any atom is 0.350 e. The first-order valence-electron chi connectivity index (χ1n) is 13.1. The van der Waals surface area contributed by atoms with Crippen LogP contribution in [0.3, 0.4) is 0 Å². The maximum atomic E-state index is 11.8. The number of carbonyl (C=O) groups excluding carboxylic acids is 3. The third kappa shape index (κ3) is 9.83. The number of esters is 1. The van der Waals surface area contributed by atoms with Crippen LogP contribution in [0.1, 0.15) is 110 Å². The largest absolute Gasteiger partial charge is 0.507 e. The lowest BCUT2D eigenvalue weighted by Gasteiger charge is -2.10. The van der Waals surface area contributed by atoms with Gasteiger partial charge in [0.05, 0.1) is 7.11 Å². The molecule has 2 N–H and O–H groups in total. The third-order valence-electron chi connectivity index (χ3n) is 6.10. The number of aromatic hydroxyl groups is 2. The Morgan fingerprint density at radius 1 is 0.875 bits per heavy atom. The van der Waals surface area contributed by atoms with Crippen LogP contribution in [0.5, 0.6) is 11.5 Å². The van der Waals surface area contributed by atoms with Crippen molar-refractivity contribution in [3.05, 3.63) is 80.4 Å². The van der Waals surface area contributed by atoms with E-state index in [-0.39, 0.29) is 47.3 Å². The lowest BCUT2D eigenvalue weighted by Crippen LogP contribution is -2.15. The summed E-state index contributed by atoms with van der Waals surface area (Å²) in [7, 11) is 1.30. The summed E-state index contributed by atoms with van der Waals surface area (Å²) in [5.74, 6) is -1.39. The summed E-state index contributed by atoms with van der Waals surface area (Å²) < 4.78 is 14.7. The molecule has 2 rings (SSSR count). The Balaban J connectivity index is 0.000000408. The molecule has 0 aliphatic heterocycles. The van der Waals surface area contributed by atoms with Gasteiger partial charge in [0.25, 0.3) is 0 Å². The number of methoxy groups -OCH3 is 1. The highest BCUT2D eigenvalue weighted by Crippen LogP contribution is 2.26. The second-order valence-electron chi connectivity index (χ2n) is 9.12. The van der Waals surface area contributed by atoms with E-state index in [2.05, 4.69) is 11.3 Å². The van der Waals surface area contributed by atoms with Gasteiger partial charge in [-0.1, -0.05) is 39.8 Å². The fourth-order valence-electron chi connectivity index (χ4n) is 3.60. The molecule has 0 aliphatic rings. The first-order chi connectivity index (χ1) is 18.9. The highest BCUT2D eigenvalue weighted by atomic mass is 16.5. The van der Waals surface area contributed by atoms with Gasteiger partial charge in [-0.05, 0) is 25.7 Å². The predicted molar refractivity (Wildman–Crippen MR) is 149 cm³/mol. The van der Waals surface area contributed by atoms with Gasteiger partial charge in [-0.25, -0.2) is 14.4 Å². The minimum Gasteiger partial charge on any atom is -0.507 e. The summed E-state index contributed by atoms with van der Waals surface area (Å²) in [5, 5.41) is 19.6. The Labute approximate surface area is 233 Å². The second kappa shape index (κ2) is 16.7. The average molecular weight is 559 g/mol. The number of hydrogen-bond acceptors (Lipinski definition) is 10. The maximum absolute atomic E-state index is 11.8. The van der Waals surface area contributed by atoms with Crippen LogP contribution in [0.15, 0.2) is 55.4 Å². The van der Waals surface area contributed by atoms with Crippen molar-refractivity contribution in [2.45, 2.75) is 78.1 Å². The van der Waals surface area contributed by atoms with Crippen LogP contribution in [-0.2, 0) is 9.53 Å². The number of Topliss-reactive ketones (excluding diaryl/α,β-unsaturated/α-hetero) is 2.